The van der Waals surface area contributed by atoms with E-state index in [1.807, 2.05) is 24.3 Å². The minimum absolute atomic E-state index is 0.0151. The van der Waals surface area contributed by atoms with Crippen LogP contribution in [0.3, 0.4) is 0 Å². The molecule has 3 nitrogen and oxygen atoms in total. The Labute approximate surface area is 140 Å². The smallest absolute Gasteiger partial charge is 0.241 e. The molecule has 0 saturated carbocycles. The highest BCUT2D eigenvalue weighted by atomic mass is 19.1. The van der Waals surface area contributed by atoms with Crippen LogP contribution in [0.15, 0.2) is 54.6 Å². The fourth-order valence-electron chi connectivity index (χ4n) is 3.93. The molecule has 24 heavy (non-hydrogen) atoms. The van der Waals surface area contributed by atoms with Gasteiger partial charge in [0.05, 0.1) is 6.54 Å². The van der Waals surface area contributed by atoms with E-state index in [0.29, 0.717) is 6.54 Å². The third-order valence-corrected chi connectivity index (χ3v) is 5.27. The zero-order chi connectivity index (χ0) is 16.9. The predicted octanol–water partition coefficient (Wildman–Crippen LogP) is 3.46. The Balaban J connectivity index is 1.82. The van der Waals surface area contributed by atoms with Gasteiger partial charge in [0, 0.05) is 11.1 Å². The first kappa shape index (κ1) is 14.9. The molecule has 1 atom stereocenters. The second-order valence-electron chi connectivity index (χ2n) is 6.93. The fourth-order valence-corrected chi connectivity index (χ4v) is 3.93. The summed E-state index contributed by atoms with van der Waals surface area (Å²) in [6.45, 7) is 4.63. The van der Waals surface area contributed by atoms with Gasteiger partial charge >= 0.3 is 0 Å². The van der Waals surface area contributed by atoms with Gasteiger partial charge in [-0.05, 0) is 35.4 Å². The molecule has 1 saturated heterocycles. The molecule has 2 heterocycles. The molecule has 0 radical (unpaired) electrons. The molecule has 122 valence electrons. The van der Waals surface area contributed by atoms with Crippen molar-refractivity contribution in [3.05, 3.63) is 71.6 Å². The first-order chi connectivity index (χ1) is 11.4. The molecule has 1 N–H and O–H groups in total. The highest BCUT2D eigenvalue weighted by Crippen LogP contribution is 2.52. The van der Waals surface area contributed by atoms with Crippen LogP contribution >= 0.6 is 0 Å². The SMILES string of the molecule is CC1(C)c2ccccc2N2CC(=O)N[C@@]21C=Cc1ccc(F)cc1. The van der Waals surface area contributed by atoms with E-state index in [1.165, 1.54) is 17.7 Å². The highest BCUT2D eigenvalue weighted by Gasteiger charge is 2.59. The van der Waals surface area contributed by atoms with Crippen LogP contribution in [0.25, 0.3) is 6.08 Å². The molecule has 0 aliphatic carbocycles. The number of carbonyl (C=O) groups is 1. The molecule has 4 rings (SSSR count). The lowest BCUT2D eigenvalue weighted by atomic mass is 9.75. The maximum atomic E-state index is 13.1. The molecule has 2 aromatic rings. The number of hydrogen-bond acceptors (Lipinski definition) is 2. The lowest BCUT2D eigenvalue weighted by molar-refractivity contribution is -0.118. The lowest BCUT2D eigenvalue weighted by Gasteiger charge is -2.40. The number of nitrogens with zero attached hydrogens (tertiary/aromatic N) is 1. The van der Waals surface area contributed by atoms with Crippen molar-refractivity contribution in [1.82, 2.24) is 5.32 Å². The van der Waals surface area contributed by atoms with Crippen LogP contribution < -0.4 is 10.2 Å². The number of amides is 1. The van der Waals surface area contributed by atoms with Gasteiger partial charge in [-0.15, -0.1) is 0 Å². The van der Waals surface area contributed by atoms with Gasteiger partial charge in [-0.25, -0.2) is 4.39 Å². The van der Waals surface area contributed by atoms with Crippen molar-refractivity contribution in [1.29, 1.82) is 0 Å². The Bertz CT molecular complexity index is 841. The second-order valence-corrected chi connectivity index (χ2v) is 6.93. The normalized spacial score (nSPS) is 24.1. The molecule has 0 aromatic heterocycles. The highest BCUT2D eigenvalue weighted by molar-refractivity contribution is 5.91. The number of fused-ring (bicyclic) bond motifs is 3. The zero-order valence-corrected chi connectivity index (χ0v) is 13.7. The number of rotatable bonds is 2. The summed E-state index contributed by atoms with van der Waals surface area (Å²) in [5, 5.41) is 3.17. The molecule has 1 amide bonds. The molecule has 0 spiro atoms. The summed E-state index contributed by atoms with van der Waals surface area (Å²) in [4.78, 5) is 14.3. The van der Waals surface area contributed by atoms with Gasteiger partial charge in [0.1, 0.15) is 11.5 Å². The monoisotopic (exact) mass is 322 g/mol. The maximum absolute atomic E-state index is 13.1. The van der Waals surface area contributed by atoms with E-state index in [1.54, 1.807) is 12.1 Å². The Morgan fingerprint density at radius 3 is 2.58 bits per heavy atom. The Kier molecular flexibility index (Phi) is 3.07. The van der Waals surface area contributed by atoms with Crippen LogP contribution in [0.1, 0.15) is 25.0 Å². The third kappa shape index (κ3) is 1.92. The predicted molar refractivity (Wildman–Crippen MR) is 93.1 cm³/mol. The van der Waals surface area contributed by atoms with Gasteiger partial charge < -0.3 is 10.2 Å². The summed E-state index contributed by atoms with van der Waals surface area (Å²) in [5.41, 5.74) is 2.31. The number of nitrogens with one attached hydrogen (secondary N) is 1. The number of hydrogen-bond donors (Lipinski definition) is 1. The average molecular weight is 322 g/mol. The summed E-state index contributed by atoms with van der Waals surface area (Å²) < 4.78 is 13.1. The summed E-state index contributed by atoms with van der Waals surface area (Å²) in [7, 11) is 0. The molecule has 2 aromatic carbocycles. The zero-order valence-electron chi connectivity index (χ0n) is 13.7. The van der Waals surface area contributed by atoms with Crippen molar-refractivity contribution >= 4 is 17.7 Å². The Hall–Kier alpha value is -2.62. The standard InChI is InChI=1S/C20H19FN2O/c1-19(2)16-5-3-4-6-17(16)23-13-18(24)22-20(19,23)12-11-14-7-9-15(21)10-8-14/h3-12H,13H2,1-2H3,(H,22,24)/t20-/m0/s1. The summed E-state index contributed by atoms with van der Waals surface area (Å²) in [5.74, 6) is -0.240. The van der Waals surface area contributed by atoms with E-state index in [0.717, 1.165) is 11.3 Å². The molecule has 2 aliphatic rings. The molecule has 0 unspecified atom stereocenters. The van der Waals surface area contributed by atoms with Crippen LogP contribution in [0.5, 0.6) is 0 Å². The molecule has 1 fully saturated rings. The van der Waals surface area contributed by atoms with Crippen molar-refractivity contribution in [2.45, 2.75) is 24.9 Å². The van der Waals surface area contributed by atoms with Crippen molar-refractivity contribution in [3.63, 3.8) is 0 Å². The Morgan fingerprint density at radius 2 is 1.83 bits per heavy atom. The molecular formula is C20H19FN2O. The molecular weight excluding hydrogens is 303 g/mol. The van der Waals surface area contributed by atoms with Gasteiger partial charge in [-0.2, -0.15) is 0 Å². The van der Waals surface area contributed by atoms with Gasteiger partial charge in [-0.3, -0.25) is 4.79 Å². The minimum atomic E-state index is -0.609. The summed E-state index contributed by atoms with van der Waals surface area (Å²) >= 11 is 0. The van der Waals surface area contributed by atoms with E-state index in [9.17, 15) is 9.18 Å². The van der Waals surface area contributed by atoms with Crippen LogP contribution in [-0.2, 0) is 10.2 Å². The van der Waals surface area contributed by atoms with E-state index in [-0.39, 0.29) is 17.1 Å². The van der Waals surface area contributed by atoms with E-state index in [4.69, 9.17) is 0 Å². The Morgan fingerprint density at radius 1 is 1.12 bits per heavy atom. The van der Waals surface area contributed by atoms with Crippen LogP contribution in [0.2, 0.25) is 0 Å². The topological polar surface area (TPSA) is 32.3 Å². The average Bonchev–Trinajstić information content (AvgIpc) is 2.99. The van der Waals surface area contributed by atoms with E-state index < -0.39 is 5.66 Å². The van der Waals surface area contributed by atoms with Gasteiger partial charge in [0.15, 0.2) is 0 Å². The third-order valence-electron chi connectivity index (χ3n) is 5.27. The van der Waals surface area contributed by atoms with E-state index in [2.05, 4.69) is 36.2 Å². The number of halogens is 1. The number of carbonyl (C=O) groups excluding carboxylic acids is 1. The second kappa shape index (κ2) is 4.94. The fraction of sp³-hybridized carbons (Fsp3) is 0.250. The van der Waals surface area contributed by atoms with Crippen molar-refractivity contribution in [2.75, 3.05) is 11.4 Å². The van der Waals surface area contributed by atoms with Crippen LogP contribution in [0, 0.1) is 5.82 Å². The van der Waals surface area contributed by atoms with Gasteiger partial charge in [0.2, 0.25) is 5.91 Å². The van der Waals surface area contributed by atoms with Gasteiger partial charge in [0.25, 0.3) is 0 Å². The van der Waals surface area contributed by atoms with E-state index >= 15 is 0 Å². The number of para-hydroxylation sites is 1. The van der Waals surface area contributed by atoms with Gasteiger partial charge in [-0.1, -0.05) is 50.3 Å². The summed E-state index contributed by atoms with van der Waals surface area (Å²) in [6, 6.07) is 14.6. The first-order valence-corrected chi connectivity index (χ1v) is 8.07. The summed E-state index contributed by atoms with van der Waals surface area (Å²) in [6.07, 6.45) is 3.98. The largest absolute Gasteiger partial charge is 0.335 e. The number of anilines is 1. The molecule has 4 heteroatoms. The lowest BCUT2D eigenvalue weighted by Crippen LogP contribution is -2.58. The molecule has 0 bridgehead atoms. The van der Waals surface area contributed by atoms with Crippen molar-refractivity contribution < 1.29 is 9.18 Å². The van der Waals surface area contributed by atoms with Crippen LogP contribution in [0.4, 0.5) is 10.1 Å². The molecule has 2 aliphatic heterocycles. The van der Waals surface area contributed by atoms with Crippen LogP contribution in [-0.4, -0.2) is 18.1 Å². The minimum Gasteiger partial charge on any atom is -0.335 e. The maximum Gasteiger partial charge on any atom is 0.241 e. The number of benzene rings is 2. The van der Waals surface area contributed by atoms with Crippen molar-refractivity contribution in [3.8, 4) is 0 Å². The quantitative estimate of drug-likeness (QED) is 0.918. The van der Waals surface area contributed by atoms with Crippen molar-refractivity contribution in [2.24, 2.45) is 0 Å². The first-order valence-electron chi connectivity index (χ1n) is 8.07.